The van der Waals surface area contributed by atoms with Crippen LogP contribution < -0.4 is 5.56 Å². The Bertz CT molecular complexity index is 984. The fourth-order valence-corrected chi connectivity index (χ4v) is 3.34. The molecule has 0 aliphatic heterocycles. The van der Waals surface area contributed by atoms with E-state index in [-0.39, 0.29) is 11.5 Å². The molecule has 0 aromatic carbocycles. The van der Waals surface area contributed by atoms with E-state index in [1.54, 1.807) is 13.2 Å². The van der Waals surface area contributed by atoms with Gasteiger partial charge in [-0.25, -0.2) is 4.68 Å². The molecular formula is C18H22N6O2. The van der Waals surface area contributed by atoms with E-state index in [2.05, 4.69) is 34.3 Å². The second-order valence-corrected chi connectivity index (χ2v) is 7.32. The first-order valence-corrected chi connectivity index (χ1v) is 8.93. The van der Waals surface area contributed by atoms with Gasteiger partial charge in [-0.05, 0) is 24.8 Å². The molecule has 0 amide bonds. The maximum atomic E-state index is 11.8. The average Bonchev–Trinajstić information content (AvgIpc) is 3.24. The highest BCUT2D eigenvalue weighted by molar-refractivity contribution is 5.52. The zero-order valence-electron chi connectivity index (χ0n) is 15.2. The predicted octanol–water partition coefficient (Wildman–Crippen LogP) is 1.96. The number of hydrogen-bond acceptors (Lipinski definition) is 6. The van der Waals surface area contributed by atoms with Crippen LogP contribution in [0.5, 0.6) is 0 Å². The van der Waals surface area contributed by atoms with Gasteiger partial charge in [0.25, 0.3) is 5.56 Å². The summed E-state index contributed by atoms with van der Waals surface area (Å²) in [6.45, 7) is 5.20. The Morgan fingerprint density at radius 1 is 1.38 bits per heavy atom. The number of nitrogens with zero attached hydrogens (tertiary/aromatic N) is 6. The van der Waals surface area contributed by atoms with Crippen molar-refractivity contribution in [3.05, 3.63) is 46.0 Å². The van der Waals surface area contributed by atoms with Crippen LogP contribution in [0.4, 0.5) is 0 Å². The number of pyridine rings is 1. The van der Waals surface area contributed by atoms with Crippen molar-refractivity contribution in [2.24, 2.45) is 13.0 Å². The average molecular weight is 354 g/mol. The van der Waals surface area contributed by atoms with Crippen LogP contribution in [0.15, 0.2) is 27.6 Å². The topological polar surface area (TPSA) is 91.6 Å². The molecule has 26 heavy (non-hydrogen) atoms. The van der Waals surface area contributed by atoms with Crippen LogP contribution in [0.2, 0.25) is 0 Å². The molecule has 8 heteroatoms. The van der Waals surface area contributed by atoms with Gasteiger partial charge in [-0.2, -0.15) is 4.98 Å². The van der Waals surface area contributed by atoms with Gasteiger partial charge in [0, 0.05) is 43.8 Å². The van der Waals surface area contributed by atoms with Gasteiger partial charge in [-0.1, -0.05) is 24.2 Å². The van der Waals surface area contributed by atoms with E-state index >= 15 is 0 Å². The molecular weight excluding hydrogens is 332 g/mol. The smallest absolute Gasteiger partial charge is 0.250 e. The summed E-state index contributed by atoms with van der Waals surface area (Å²) in [5.41, 5.74) is 2.82. The number of hydrogen-bond donors (Lipinski definition) is 0. The molecule has 3 aromatic heterocycles. The normalized spacial score (nSPS) is 16.8. The fraction of sp³-hybridized carbons (Fsp3) is 0.500. The highest BCUT2D eigenvalue weighted by atomic mass is 16.5. The summed E-state index contributed by atoms with van der Waals surface area (Å²) >= 11 is 0. The highest BCUT2D eigenvalue weighted by Gasteiger charge is 2.29. The van der Waals surface area contributed by atoms with Gasteiger partial charge in [-0.3, -0.25) is 4.79 Å². The van der Waals surface area contributed by atoms with Crippen LogP contribution in [0.3, 0.4) is 0 Å². The largest absolute Gasteiger partial charge is 0.339 e. The molecule has 0 fully saturated rings. The first-order valence-electron chi connectivity index (χ1n) is 8.93. The van der Waals surface area contributed by atoms with E-state index in [9.17, 15) is 4.79 Å². The molecule has 0 saturated carbocycles. The van der Waals surface area contributed by atoms with Crippen molar-refractivity contribution in [1.82, 2.24) is 29.7 Å². The molecule has 1 unspecified atom stereocenters. The molecule has 0 bridgehead atoms. The molecule has 8 nitrogen and oxygen atoms in total. The molecule has 0 spiro atoms. The minimum atomic E-state index is -0.0974. The standard InChI is InChI=1S/C18H22N6O2/c1-11(2)10-24-15-8-13(4-5-14(15)20-22-24)18-19-17(21-26-18)12-6-7-23(3)16(25)9-12/h6-7,9,11,13H,4-5,8,10H2,1-3H3. The molecule has 1 aliphatic rings. The third-order valence-corrected chi connectivity index (χ3v) is 4.78. The van der Waals surface area contributed by atoms with Gasteiger partial charge in [0.2, 0.25) is 11.7 Å². The summed E-state index contributed by atoms with van der Waals surface area (Å²) in [5, 5.41) is 12.7. The Balaban J connectivity index is 1.58. The lowest BCUT2D eigenvalue weighted by Gasteiger charge is -2.19. The van der Waals surface area contributed by atoms with Crippen LogP contribution in [0.1, 0.15) is 43.5 Å². The second kappa shape index (κ2) is 6.51. The number of aromatic nitrogens is 6. The van der Waals surface area contributed by atoms with Gasteiger partial charge < -0.3 is 9.09 Å². The summed E-state index contributed by atoms with van der Waals surface area (Å²) in [6.07, 6.45) is 4.28. The Morgan fingerprint density at radius 2 is 2.23 bits per heavy atom. The van der Waals surface area contributed by atoms with E-state index in [0.717, 1.165) is 31.5 Å². The maximum absolute atomic E-state index is 11.8. The van der Waals surface area contributed by atoms with Crippen LogP contribution in [-0.2, 0) is 26.4 Å². The van der Waals surface area contributed by atoms with Gasteiger partial charge in [-0.15, -0.1) is 5.10 Å². The van der Waals surface area contributed by atoms with E-state index in [4.69, 9.17) is 4.52 Å². The first kappa shape index (κ1) is 16.7. The lowest BCUT2D eigenvalue weighted by Crippen LogP contribution is -2.18. The molecule has 3 heterocycles. The third kappa shape index (κ3) is 3.07. The summed E-state index contributed by atoms with van der Waals surface area (Å²) in [5.74, 6) is 1.73. The lowest BCUT2D eigenvalue weighted by molar-refractivity contribution is 0.336. The minimum absolute atomic E-state index is 0.0974. The first-order chi connectivity index (χ1) is 12.5. The fourth-order valence-electron chi connectivity index (χ4n) is 3.34. The monoisotopic (exact) mass is 354 g/mol. The molecule has 4 rings (SSSR count). The van der Waals surface area contributed by atoms with Gasteiger partial charge in [0.1, 0.15) is 0 Å². The molecule has 0 N–H and O–H groups in total. The van der Waals surface area contributed by atoms with Gasteiger partial charge in [0.15, 0.2) is 0 Å². The quantitative estimate of drug-likeness (QED) is 0.711. The van der Waals surface area contributed by atoms with Crippen molar-refractivity contribution in [2.45, 2.75) is 45.6 Å². The SMILES string of the molecule is CC(C)Cn1nnc2c1CC(c1nc(-c3ccn(C)c(=O)c3)no1)CC2. The molecule has 0 saturated heterocycles. The Kier molecular flexibility index (Phi) is 4.18. The maximum Gasteiger partial charge on any atom is 0.250 e. The lowest BCUT2D eigenvalue weighted by atomic mass is 9.89. The summed E-state index contributed by atoms with van der Waals surface area (Å²) in [4.78, 5) is 16.4. The van der Waals surface area contributed by atoms with Gasteiger partial charge in [0.05, 0.1) is 11.4 Å². The molecule has 3 aromatic rings. The van der Waals surface area contributed by atoms with Crippen LogP contribution in [0.25, 0.3) is 11.4 Å². The number of aryl methyl sites for hydroxylation is 2. The molecule has 1 atom stereocenters. The molecule has 1 aliphatic carbocycles. The Labute approximate surface area is 150 Å². The third-order valence-electron chi connectivity index (χ3n) is 4.78. The van der Waals surface area contributed by atoms with Crippen molar-refractivity contribution >= 4 is 0 Å². The molecule has 136 valence electrons. The van der Waals surface area contributed by atoms with Gasteiger partial charge >= 0.3 is 0 Å². The zero-order valence-corrected chi connectivity index (χ0v) is 15.2. The number of fused-ring (bicyclic) bond motifs is 1. The van der Waals surface area contributed by atoms with E-state index in [1.165, 1.54) is 16.3 Å². The Morgan fingerprint density at radius 3 is 3.00 bits per heavy atom. The highest BCUT2D eigenvalue weighted by Crippen LogP contribution is 2.32. The second-order valence-electron chi connectivity index (χ2n) is 7.32. The van der Waals surface area contributed by atoms with E-state index in [1.807, 2.05) is 10.7 Å². The van der Waals surface area contributed by atoms with Crippen molar-refractivity contribution in [1.29, 1.82) is 0 Å². The Hall–Kier alpha value is -2.77. The van der Waals surface area contributed by atoms with Crippen molar-refractivity contribution in [3.63, 3.8) is 0 Å². The summed E-state index contributed by atoms with van der Waals surface area (Å²) < 4.78 is 9.04. The van der Waals surface area contributed by atoms with Crippen molar-refractivity contribution in [2.75, 3.05) is 0 Å². The van der Waals surface area contributed by atoms with E-state index < -0.39 is 0 Å². The van der Waals surface area contributed by atoms with Crippen LogP contribution in [-0.4, -0.2) is 29.7 Å². The summed E-state index contributed by atoms with van der Waals surface area (Å²) in [6, 6.07) is 3.34. The molecule has 0 radical (unpaired) electrons. The number of rotatable bonds is 4. The summed E-state index contributed by atoms with van der Waals surface area (Å²) in [7, 11) is 1.71. The van der Waals surface area contributed by atoms with Crippen LogP contribution in [0, 0.1) is 5.92 Å². The zero-order chi connectivity index (χ0) is 18.3. The van der Waals surface area contributed by atoms with Crippen LogP contribution >= 0.6 is 0 Å². The van der Waals surface area contributed by atoms with Crippen molar-refractivity contribution in [3.8, 4) is 11.4 Å². The van der Waals surface area contributed by atoms with E-state index in [0.29, 0.717) is 23.2 Å². The predicted molar refractivity (Wildman–Crippen MR) is 94.6 cm³/mol. The van der Waals surface area contributed by atoms with Crippen molar-refractivity contribution < 1.29 is 4.52 Å². The minimum Gasteiger partial charge on any atom is -0.339 e.